The van der Waals surface area contributed by atoms with Crippen LogP contribution in [0, 0.1) is 5.82 Å². The molecule has 3 nitrogen and oxygen atoms in total. The summed E-state index contributed by atoms with van der Waals surface area (Å²) in [6.45, 7) is 0.858. The second-order valence-electron chi connectivity index (χ2n) is 4.58. The summed E-state index contributed by atoms with van der Waals surface area (Å²) in [5.41, 5.74) is 0. The predicted molar refractivity (Wildman–Crippen MR) is 73.3 cm³/mol. The van der Waals surface area contributed by atoms with Crippen LogP contribution in [0.2, 0.25) is 5.02 Å². The van der Waals surface area contributed by atoms with E-state index in [4.69, 9.17) is 11.6 Å². The summed E-state index contributed by atoms with van der Waals surface area (Å²) in [6.07, 6.45) is 0.123. The van der Waals surface area contributed by atoms with Gasteiger partial charge in [0.15, 0.2) is 0 Å². The zero-order valence-corrected chi connectivity index (χ0v) is 11.5. The molecule has 2 aromatic rings. The van der Waals surface area contributed by atoms with Crippen LogP contribution in [-0.2, 0) is 0 Å². The zero-order chi connectivity index (χ0) is 13.6. The summed E-state index contributed by atoms with van der Waals surface area (Å²) >= 11 is 7.39. The van der Waals surface area contributed by atoms with Gasteiger partial charge in [0, 0.05) is 23.2 Å². The number of likely N-dealkylation sites (tertiary alicyclic amines) is 1. The third kappa shape index (κ3) is 2.22. The van der Waals surface area contributed by atoms with Gasteiger partial charge in [0.05, 0.1) is 11.1 Å². The van der Waals surface area contributed by atoms with Gasteiger partial charge in [-0.05, 0) is 24.6 Å². The topological polar surface area (TPSA) is 40.5 Å². The Labute approximate surface area is 118 Å². The van der Waals surface area contributed by atoms with Crippen molar-refractivity contribution >= 4 is 38.9 Å². The van der Waals surface area contributed by atoms with Crippen LogP contribution in [-0.4, -0.2) is 35.1 Å². The Hall–Kier alpha value is -1.17. The Morgan fingerprint density at radius 2 is 2.32 bits per heavy atom. The molecule has 0 unspecified atom stereocenters. The molecule has 1 aliphatic rings. The lowest BCUT2D eigenvalue weighted by molar-refractivity contribution is 0.0770. The predicted octanol–water partition coefficient (Wildman–Crippen LogP) is 2.90. The molecule has 0 spiro atoms. The molecule has 3 rings (SSSR count). The molecule has 1 aromatic heterocycles. The van der Waals surface area contributed by atoms with E-state index in [2.05, 4.69) is 0 Å². The third-order valence-corrected chi connectivity index (χ3v) is 4.88. The van der Waals surface area contributed by atoms with Crippen LogP contribution in [0.1, 0.15) is 16.1 Å². The average Bonchev–Trinajstić information content (AvgIpc) is 2.93. The summed E-state index contributed by atoms with van der Waals surface area (Å²) in [4.78, 5) is 14.3. The number of carbonyl (C=O) groups excluding carboxylic acids is 1. The Morgan fingerprint density at radius 1 is 1.53 bits per heavy atom. The standard InChI is InChI=1S/C13H11ClFNO2S/c14-11-9-2-1-7(15)5-10(9)19-12(11)13(18)16-4-3-8(17)6-16/h1-2,5,8,17H,3-4,6H2/t8-/m1/s1. The summed E-state index contributed by atoms with van der Waals surface area (Å²) in [7, 11) is 0. The molecule has 2 heterocycles. The van der Waals surface area contributed by atoms with Crippen molar-refractivity contribution in [1.29, 1.82) is 0 Å². The maximum atomic E-state index is 13.2. The number of fused-ring (bicyclic) bond motifs is 1. The first-order valence-corrected chi connectivity index (χ1v) is 7.10. The van der Waals surface area contributed by atoms with Crippen molar-refractivity contribution in [2.75, 3.05) is 13.1 Å². The number of aliphatic hydroxyl groups excluding tert-OH is 1. The van der Waals surface area contributed by atoms with Gasteiger partial charge < -0.3 is 10.0 Å². The number of benzene rings is 1. The Bertz CT molecular complexity index is 657. The highest BCUT2D eigenvalue weighted by atomic mass is 35.5. The molecule has 0 bridgehead atoms. The van der Waals surface area contributed by atoms with Gasteiger partial charge >= 0.3 is 0 Å². The molecule has 100 valence electrons. The minimum Gasteiger partial charge on any atom is -0.391 e. The summed E-state index contributed by atoms with van der Waals surface area (Å²) < 4.78 is 13.8. The lowest BCUT2D eigenvalue weighted by Gasteiger charge is -2.14. The molecule has 6 heteroatoms. The highest BCUT2D eigenvalue weighted by Gasteiger charge is 2.28. The normalized spacial score (nSPS) is 19.3. The second-order valence-corrected chi connectivity index (χ2v) is 6.01. The Kier molecular flexibility index (Phi) is 3.20. The first kappa shape index (κ1) is 12.8. The monoisotopic (exact) mass is 299 g/mol. The highest BCUT2D eigenvalue weighted by Crippen LogP contribution is 2.36. The average molecular weight is 300 g/mol. The van der Waals surface area contributed by atoms with Gasteiger partial charge in [0.2, 0.25) is 0 Å². The number of hydrogen-bond donors (Lipinski definition) is 1. The van der Waals surface area contributed by atoms with E-state index in [1.807, 2.05) is 0 Å². The molecule has 1 amide bonds. The van der Waals surface area contributed by atoms with Crippen molar-refractivity contribution in [3.8, 4) is 0 Å². The molecule has 1 aliphatic heterocycles. The smallest absolute Gasteiger partial charge is 0.265 e. The number of nitrogens with zero attached hydrogens (tertiary/aromatic N) is 1. The lowest BCUT2D eigenvalue weighted by Crippen LogP contribution is -2.29. The fourth-order valence-corrected chi connectivity index (χ4v) is 3.75. The van der Waals surface area contributed by atoms with E-state index in [1.165, 1.54) is 23.5 Å². The van der Waals surface area contributed by atoms with E-state index in [9.17, 15) is 14.3 Å². The van der Waals surface area contributed by atoms with Crippen LogP contribution in [0.3, 0.4) is 0 Å². The zero-order valence-electron chi connectivity index (χ0n) is 9.90. The Morgan fingerprint density at radius 3 is 3.00 bits per heavy atom. The number of thiophene rings is 1. The van der Waals surface area contributed by atoms with Crippen molar-refractivity contribution < 1.29 is 14.3 Å². The molecule has 1 atom stereocenters. The van der Waals surface area contributed by atoms with Gasteiger partial charge in [-0.2, -0.15) is 0 Å². The van der Waals surface area contributed by atoms with Crippen molar-refractivity contribution in [1.82, 2.24) is 4.90 Å². The van der Waals surface area contributed by atoms with Crippen molar-refractivity contribution in [3.63, 3.8) is 0 Å². The number of halogens is 2. The Balaban J connectivity index is 2.00. The number of rotatable bonds is 1. The molecule has 19 heavy (non-hydrogen) atoms. The molecular formula is C13H11ClFNO2S. The molecular weight excluding hydrogens is 289 g/mol. The van der Waals surface area contributed by atoms with Crippen LogP contribution in [0.5, 0.6) is 0 Å². The molecule has 1 N–H and O–H groups in total. The van der Waals surface area contributed by atoms with Gasteiger partial charge in [-0.15, -0.1) is 11.3 Å². The first-order valence-electron chi connectivity index (χ1n) is 5.91. The minimum atomic E-state index is -0.463. The summed E-state index contributed by atoms with van der Waals surface area (Å²) in [5.74, 6) is -0.538. The fraction of sp³-hybridized carbons (Fsp3) is 0.308. The summed E-state index contributed by atoms with van der Waals surface area (Å²) in [6, 6.07) is 4.29. The SMILES string of the molecule is O=C(c1sc2cc(F)ccc2c1Cl)N1CC[C@@H](O)C1. The van der Waals surface area contributed by atoms with Crippen LogP contribution in [0.15, 0.2) is 18.2 Å². The molecule has 1 aromatic carbocycles. The largest absolute Gasteiger partial charge is 0.391 e. The number of aliphatic hydroxyl groups is 1. The van der Waals surface area contributed by atoms with Gasteiger partial charge in [0.25, 0.3) is 5.91 Å². The number of carbonyl (C=O) groups is 1. The molecule has 0 saturated carbocycles. The quantitative estimate of drug-likeness (QED) is 0.879. The van der Waals surface area contributed by atoms with E-state index in [0.29, 0.717) is 39.5 Å². The second kappa shape index (κ2) is 4.74. The van der Waals surface area contributed by atoms with Crippen molar-refractivity contribution in [2.24, 2.45) is 0 Å². The summed E-state index contributed by atoms with van der Waals surface area (Å²) in [5, 5.41) is 10.5. The van der Waals surface area contributed by atoms with Gasteiger partial charge in [-0.1, -0.05) is 11.6 Å². The van der Waals surface area contributed by atoms with E-state index >= 15 is 0 Å². The van der Waals surface area contributed by atoms with Gasteiger partial charge in [0.1, 0.15) is 10.7 Å². The van der Waals surface area contributed by atoms with E-state index in [0.717, 1.165) is 0 Å². The van der Waals surface area contributed by atoms with E-state index in [1.54, 1.807) is 11.0 Å². The first-order chi connectivity index (χ1) is 9.06. The number of amides is 1. The minimum absolute atomic E-state index is 0.192. The van der Waals surface area contributed by atoms with E-state index in [-0.39, 0.29) is 11.7 Å². The number of hydrogen-bond acceptors (Lipinski definition) is 3. The van der Waals surface area contributed by atoms with Crippen molar-refractivity contribution in [2.45, 2.75) is 12.5 Å². The lowest BCUT2D eigenvalue weighted by atomic mass is 10.2. The molecule has 0 aliphatic carbocycles. The molecule has 0 radical (unpaired) electrons. The molecule has 1 saturated heterocycles. The maximum Gasteiger partial charge on any atom is 0.265 e. The highest BCUT2D eigenvalue weighted by molar-refractivity contribution is 7.21. The van der Waals surface area contributed by atoms with Gasteiger partial charge in [-0.25, -0.2) is 4.39 Å². The van der Waals surface area contributed by atoms with Crippen LogP contribution in [0.4, 0.5) is 4.39 Å². The fourth-order valence-electron chi connectivity index (χ4n) is 2.25. The number of β-amino-alcohol motifs (C(OH)–C–C–N with tert-alkyl or cyclic N) is 1. The molecule has 1 fully saturated rings. The van der Waals surface area contributed by atoms with E-state index < -0.39 is 6.10 Å². The van der Waals surface area contributed by atoms with Crippen LogP contribution in [0.25, 0.3) is 10.1 Å². The third-order valence-electron chi connectivity index (χ3n) is 3.24. The maximum absolute atomic E-state index is 13.2. The van der Waals surface area contributed by atoms with Crippen molar-refractivity contribution in [3.05, 3.63) is 33.9 Å². The van der Waals surface area contributed by atoms with Crippen LogP contribution >= 0.6 is 22.9 Å². The van der Waals surface area contributed by atoms with Gasteiger partial charge in [-0.3, -0.25) is 4.79 Å². The van der Waals surface area contributed by atoms with Crippen LogP contribution < -0.4 is 0 Å².